The average Bonchev–Trinajstić information content (AvgIpc) is 2.86. The first-order valence-electron chi connectivity index (χ1n) is 8.71. The molecule has 3 aromatic rings. The number of aliphatic hydroxyl groups is 1. The molecule has 0 aliphatic heterocycles. The van der Waals surface area contributed by atoms with E-state index in [-0.39, 0.29) is 13.1 Å². The Kier molecular flexibility index (Phi) is 5.50. The number of benzene rings is 2. The van der Waals surface area contributed by atoms with Crippen LogP contribution in [-0.4, -0.2) is 47.8 Å². The molecular weight excluding hydrogens is 374 g/mol. The zero-order valence-corrected chi connectivity index (χ0v) is 16.0. The monoisotopic (exact) mass is 396 g/mol. The summed E-state index contributed by atoms with van der Waals surface area (Å²) in [4.78, 5) is 0. The zero-order valence-electron chi connectivity index (χ0n) is 15.2. The summed E-state index contributed by atoms with van der Waals surface area (Å²) in [6, 6.07) is 8.44. The Bertz CT molecular complexity index is 1020. The summed E-state index contributed by atoms with van der Waals surface area (Å²) in [5, 5.41) is 11.6. The van der Waals surface area contributed by atoms with Gasteiger partial charge in [-0.25, -0.2) is 17.2 Å². The lowest BCUT2D eigenvalue weighted by Gasteiger charge is -2.23. The first-order chi connectivity index (χ1) is 12.7. The van der Waals surface area contributed by atoms with Crippen molar-refractivity contribution in [2.45, 2.75) is 26.0 Å². The molecule has 0 saturated heterocycles. The topological polar surface area (TPSA) is 62.5 Å². The summed E-state index contributed by atoms with van der Waals surface area (Å²) in [7, 11) is -3.43. The molecule has 0 aliphatic rings. The molecule has 1 aromatic heterocycles. The average molecular weight is 396 g/mol. The molecule has 1 N–H and O–H groups in total. The van der Waals surface area contributed by atoms with Gasteiger partial charge in [-0.15, -0.1) is 0 Å². The van der Waals surface area contributed by atoms with Gasteiger partial charge < -0.3 is 9.67 Å². The van der Waals surface area contributed by atoms with Crippen molar-refractivity contribution >= 4 is 31.8 Å². The fraction of sp³-hybridized carbons (Fsp3) is 0.368. The maximum atomic E-state index is 13.7. The first kappa shape index (κ1) is 19.7. The Hall–Kier alpha value is -2.03. The van der Waals surface area contributed by atoms with Crippen molar-refractivity contribution in [2.75, 3.05) is 19.3 Å². The van der Waals surface area contributed by atoms with Crippen molar-refractivity contribution in [3.8, 4) is 0 Å². The van der Waals surface area contributed by atoms with E-state index in [1.165, 1.54) is 28.6 Å². The number of halogens is 2. The van der Waals surface area contributed by atoms with E-state index in [0.29, 0.717) is 34.8 Å². The molecular formula is C19H22F2N2O3S. The number of hydrogen-bond donors (Lipinski definition) is 1. The molecule has 3 rings (SSSR count). The van der Waals surface area contributed by atoms with Crippen molar-refractivity contribution in [3.63, 3.8) is 0 Å². The molecule has 1 heterocycles. The first-order valence-corrected chi connectivity index (χ1v) is 10.6. The van der Waals surface area contributed by atoms with Crippen LogP contribution in [0.2, 0.25) is 0 Å². The van der Waals surface area contributed by atoms with Crippen LogP contribution in [0.15, 0.2) is 36.4 Å². The van der Waals surface area contributed by atoms with Crippen LogP contribution in [0.3, 0.4) is 0 Å². The third-order valence-electron chi connectivity index (χ3n) is 4.54. The van der Waals surface area contributed by atoms with E-state index >= 15 is 0 Å². The third-order valence-corrected chi connectivity index (χ3v) is 5.81. The second kappa shape index (κ2) is 7.53. The molecule has 0 saturated carbocycles. The number of sulfonamides is 1. The highest BCUT2D eigenvalue weighted by molar-refractivity contribution is 7.88. The Morgan fingerprint density at radius 1 is 1.07 bits per heavy atom. The molecule has 0 aliphatic carbocycles. The highest BCUT2D eigenvalue weighted by Gasteiger charge is 2.21. The Morgan fingerprint density at radius 2 is 1.59 bits per heavy atom. The molecule has 2 aromatic carbocycles. The quantitative estimate of drug-likeness (QED) is 0.668. The van der Waals surface area contributed by atoms with Gasteiger partial charge in [0.2, 0.25) is 10.0 Å². The fourth-order valence-electron chi connectivity index (χ4n) is 3.39. The smallest absolute Gasteiger partial charge is 0.211 e. The van der Waals surface area contributed by atoms with E-state index in [4.69, 9.17) is 0 Å². The summed E-state index contributed by atoms with van der Waals surface area (Å²) >= 11 is 0. The van der Waals surface area contributed by atoms with Crippen LogP contribution in [0.25, 0.3) is 21.8 Å². The SMILES string of the molecule is CCCN(CC(O)Cn1c2ccc(F)cc2c2cc(F)ccc21)S(C)(=O)=O. The number of nitrogens with zero attached hydrogens (tertiary/aromatic N) is 2. The molecule has 0 spiro atoms. The van der Waals surface area contributed by atoms with Crippen molar-refractivity contribution in [1.29, 1.82) is 0 Å². The highest BCUT2D eigenvalue weighted by atomic mass is 32.2. The van der Waals surface area contributed by atoms with Gasteiger partial charge in [0.1, 0.15) is 11.6 Å². The van der Waals surface area contributed by atoms with E-state index in [2.05, 4.69) is 0 Å². The zero-order chi connectivity index (χ0) is 19.8. The second-order valence-corrected chi connectivity index (χ2v) is 8.69. The number of aromatic nitrogens is 1. The van der Waals surface area contributed by atoms with E-state index in [9.17, 15) is 22.3 Å². The highest BCUT2D eigenvalue weighted by Crippen LogP contribution is 2.30. The molecule has 1 unspecified atom stereocenters. The molecule has 5 nitrogen and oxygen atoms in total. The van der Waals surface area contributed by atoms with Gasteiger partial charge in [0.15, 0.2) is 0 Å². The number of rotatable bonds is 7. The minimum atomic E-state index is -3.43. The van der Waals surface area contributed by atoms with E-state index < -0.39 is 27.8 Å². The third kappa shape index (κ3) is 4.12. The molecule has 0 radical (unpaired) electrons. The minimum Gasteiger partial charge on any atom is -0.390 e. The molecule has 0 amide bonds. The van der Waals surface area contributed by atoms with Crippen molar-refractivity contribution in [1.82, 2.24) is 8.87 Å². The second-order valence-electron chi connectivity index (χ2n) is 6.71. The summed E-state index contributed by atoms with van der Waals surface area (Å²) in [5.41, 5.74) is 1.30. The molecule has 146 valence electrons. The Labute approximate surface area is 156 Å². The summed E-state index contributed by atoms with van der Waals surface area (Å²) < 4.78 is 54.2. The molecule has 1 atom stereocenters. The van der Waals surface area contributed by atoms with Gasteiger partial charge in [-0.2, -0.15) is 4.31 Å². The molecule has 8 heteroatoms. The lowest BCUT2D eigenvalue weighted by molar-refractivity contribution is 0.130. The lowest BCUT2D eigenvalue weighted by Crippen LogP contribution is -2.38. The van der Waals surface area contributed by atoms with Gasteiger partial charge in [0.05, 0.1) is 18.9 Å². The Balaban J connectivity index is 2.00. The normalized spacial score (nSPS) is 13.7. The fourth-order valence-corrected chi connectivity index (χ4v) is 4.35. The van der Waals surface area contributed by atoms with Gasteiger partial charge >= 0.3 is 0 Å². The van der Waals surface area contributed by atoms with Crippen LogP contribution in [0, 0.1) is 11.6 Å². The lowest BCUT2D eigenvalue weighted by atomic mass is 10.1. The van der Waals surface area contributed by atoms with Crippen LogP contribution < -0.4 is 0 Å². The van der Waals surface area contributed by atoms with Crippen LogP contribution in [0.1, 0.15) is 13.3 Å². The standard InChI is InChI=1S/C19H22F2N2O3S/c1-3-8-22(27(2,25)26)11-15(24)12-23-18-6-4-13(20)9-16(18)17-10-14(21)5-7-19(17)23/h4-7,9-10,15,24H,3,8,11-12H2,1-2H3. The van der Waals surface area contributed by atoms with Crippen LogP contribution in [-0.2, 0) is 16.6 Å². The van der Waals surface area contributed by atoms with Crippen LogP contribution in [0.4, 0.5) is 8.78 Å². The largest absolute Gasteiger partial charge is 0.390 e. The Morgan fingerprint density at radius 3 is 2.04 bits per heavy atom. The van der Waals surface area contributed by atoms with Crippen LogP contribution >= 0.6 is 0 Å². The van der Waals surface area contributed by atoms with Crippen molar-refractivity contribution < 1.29 is 22.3 Å². The van der Waals surface area contributed by atoms with Gasteiger partial charge in [0.25, 0.3) is 0 Å². The summed E-state index contributed by atoms with van der Waals surface area (Å²) in [6.07, 6.45) is 0.773. The van der Waals surface area contributed by atoms with Gasteiger partial charge in [-0.05, 0) is 42.8 Å². The van der Waals surface area contributed by atoms with E-state index in [1.54, 1.807) is 16.7 Å². The summed E-state index contributed by atoms with van der Waals surface area (Å²) in [6.45, 7) is 2.24. The van der Waals surface area contributed by atoms with Crippen molar-refractivity contribution in [2.24, 2.45) is 0 Å². The maximum Gasteiger partial charge on any atom is 0.211 e. The maximum absolute atomic E-state index is 13.7. The summed E-state index contributed by atoms with van der Waals surface area (Å²) in [5.74, 6) is -0.866. The van der Waals surface area contributed by atoms with Gasteiger partial charge in [0, 0.05) is 34.9 Å². The van der Waals surface area contributed by atoms with E-state index in [0.717, 1.165) is 6.26 Å². The number of aliphatic hydroxyl groups excluding tert-OH is 1. The molecule has 0 bridgehead atoms. The predicted octanol–water partition coefficient (Wildman–Crippen LogP) is 3.11. The van der Waals surface area contributed by atoms with Gasteiger partial charge in [-0.1, -0.05) is 6.92 Å². The number of hydrogen-bond acceptors (Lipinski definition) is 3. The molecule has 27 heavy (non-hydrogen) atoms. The van der Waals surface area contributed by atoms with Crippen LogP contribution in [0.5, 0.6) is 0 Å². The van der Waals surface area contributed by atoms with E-state index in [1.807, 2.05) is 6.92 Å². The molecule has 0 fully saturated rings. The van der Waals surface area contributed by atoms with Gasteiger partial charge in [-0.3, -0.25) is 0 Å². The number of fused-ring (bicyclic) bond motifs is 3. The minimum absolute atomic E-state index is 0.0454. The predicted molar refractivity (Wildman–Crippen MR) is 102 cm³/mol. The van der Waals surface area contributed by atoms with Crippen molar-refractivity contribution in [3.05, 3.63) is 48.0 Å².